The lowest BCUT2D eigenvalue weighted by atomic mass is 9.76. The molecule has 146 valence electrons. The van der Waals surface area contributed by atoms with Crippen molar-refractivity contribution in [2.75, 3.05) is 0 Å². The fourth-order valence-corrected chi connectivity index (χ4v) is 4.88. The number of hydrogen-bond acceptors (Lipinski definition) is 4. The highest BCUT2D eigenvalue weighted by Gasteiger charge is 2.38. The lowest BCUT2D eigenvalue weighted by Gasteiger charge is -2.35. The first-order valence-electron chi connectivity index (χ1n) is 9.50. The lowest BCUT2D eigenvalue weighted by molar-refractivity contribution is -0.123. The molecule has 2 aliphatic rings. The molecule has 0 aliphatic heterocycles. The molecule has 2 aliphatic carbocycles. The van der Waals surface area contributed by atoms with E-state index >= 15 is 0 Å². The van der Waals surface area contributed by atoms with Crippen molar-refractivity contribution >= 4 is 28.5 Å². The summed E-state index contributed by atoms with van der Waals surface area (Å²) < 4.78 is 29.3. The summed E-state index contributed by atoms with van der Waals surface area (Å²) in [6, 6.07) is 5.99. The van der Waals surface area contributed by atoms with Gasteiger partial charge in [-0.2, -0.15) is 21.0 Å². The van der Waals surface area contributed by atoms with Crippen LogP contribution in [0.4, 0.5) is 0 Å². The van der Waals surface area contributed by atoms with E-state index in [4.69, 9.17) is 17.2 Å². The number of aryl methyl sites for hydroxylation is 1. The average Bonchev–Trinajstić information content (AvgIpc) is 2.59. The van der Waals surface area contributed by atoms with Crippen molar-refractivity contribution < 1.29 is 17.8 Å². The molecule has 0 aromatic heterocycles. The zero-order chi connectivity index (χ0) is 19.2. The van der Waals surface area contributed by atoms with Gasteiger partial charge in [0.05, 0.1) is 9.64 Å². The van der Waals surface area contributed by atoms with Gasteiger partial charge in [0.25, 0.3) is 10.1 Å². The second-order valence-electron chi connectivity index (χ2n) is 7.66. The van der Waals surface area contributed by atoms with E-state index < -0.39 is 10.1 Å². The molecular formula is C20H30O4S2. The minimum atomic E-state index is -4.02. The van der Waals surface area contributed by atoms with E-state index in [1.165, 1.54) is 50.7 Å². The predicted molar refractivity (Wildman–Crippen MR) is 107 cm³/mol. The Balaban J connectivity index is 0.000000197. The molecule has 0 radical (unpaired) electrons. The van der Waals surface area contributed by atoms with Gasteiger partial charge in [0.2, 0.25) is 0 Å². The van der Waals surface area contributed by atoms with Crippen LogP contribution < -0.4 is 0 Å². The smallest absolute Gasteiger partial charge is 0.294 e. The van der Waals surface area contributed by atoms with Gasteiger partial charge in [-0.3, -0.25) is 9.35 Å². The molecule has 0 amide bonds. The molecule has 1 atom stereocenters. The third-order valence-electron chi connectivity index (χ3n) is 5.43. The molecule has 1 aromatic carbocycles. The van der Waals surface area contributed by atoms with E-state index in [0.717, 1.165) is 37.2 Å². The SMILES string of the molecule is Cc1ccc(S(=O)(=O)O)cc1.O=C1CCCCC1(S)CC1CCCCC1. The lowest BCUT2D eigenvalue weighted by Crippen LogP contribution is -2.38. The monoisotopic (exact) mass is 398 g/mol. The van der Waals surface area contributed by atoms with Crippen molar-refractivity contribution in [1.82, 2.24) is 0 Å². The molecule has 4 nitrogen and oxygen atoms in total. The standard InChI is InChI=1S/C13H22OS.C7H8O3S/c14-12-8-4-5-9-13(12,15)10-11-6-2-1-3-7-11;1-6-2-4-7(5-3-6)11(8,9)10/h11,15H,1-10H2;2-5H,1H3,(H,8,9,10). The molecule has 0 saturated heterocycles. The first kappa shape index (κ1) is 21.5. The quantitative estimate of drug-likeness (QED) is 0.554. The molecule has 1 aromatic rings. The van der Waals surface area contributed by atoms with E-state index in [1.807, 2.05) is 6.92 Å². The van der Waals surface area contributed by atoms with Gasteiger partial charge in [-0.15, -0.1) is 0 Å². The molecule has 26 heavy (non-hydrogen) atoms. The minimum absolute atomic E-state index is 0.0666. The normalized spacial score (nSPS) is 24.7. The molecule has 2 saturated carbocycles. The highest BCUT2D eigenvalue weighted by Crippen LogP contribution is 2.40. The van der Waals surface area contributed by atoms with Crippen LogP contribution in [0, 0.1) is 12.8 Å². The third kappa shape index (κ3) is 6.39. The average molecular weight is 399 g/mol. The van der Waals surface area contributed by atoms with Crippen LogP contribution in [0.5, 0.6) is 0 Å². The van der Waals surface area contributed by atoms with Gasteiger partial charge < -0.3 is 0 Å². The number of ketones is 1. The van der Waals surface area contributed by atoms with Crippen molar-refractivity contribution in [2.24, 2.45) is 5.92 Å². The van der Waals surface area contributed by atoms with Crippen LogP contribution in [-0.4, -0.2) is 23.5 Å². The summed E-state index contributed by atoms with van der Waals surface area (Å²) in [5, 5.41) is 0. The van der Waals surface area contributed by atoms with Crippen LogP contribution in [0.25, 0.3) is 0 Å². The number of carbonyl (C=O) groups excluding carboxylic acids is 1. The molecule has 1 unspecified atom stereocenters. The largest absolute Gasteiger partial charge is 0.298 e. The van der Waals surface area contributed by atoms with Crippen LogP contribution >= 0.6 is 12.6 Å². The van der Waals surface area contributed by atoms with E-state index in [9.17, 15) is 13.2 Å². The van der Waals surface area contributed by atoms with Crippen molar-refractivity contribution in [3.05, 3.63) is 29.8 Å². The summed E-state index contributed by atoms with van der Waals surface area (Å²) in [6.45, 7) is 1.84. The Morgan fingerprint density at radius 1 is 1.08 bits per heavy atom. The summed E-state index contributed by atoms with van der Waals surface area (Å²) in [7, 11) is -4.02. The molecule has 6 heteroatoms. The number of benzene rings is 1. The maximum atomic E-state index is 11.9. The second-order valence-corrected chi connectivity index (χ2v) is 9.94. The van der Waals surface area contributed by atoms with Crippen LogP contribution in [0.2, 0.25) is 0 Å². The van der Waals surface area contributed by atoms with Crippen LogP contribution in [-0.2, 0) is 14.9 Å². The van der Waals surface area contributed by atoms with Gasteiger partial charge in [0.1, 0.15) is 5.78 Å². The van der Waals surface area contributed by atoms with Crippen molar-refractivity contribution in [1.29, 1.82) is 0 Å². The molecule has 0 spiro atoms. The van der Waals surface area contributed by atoms with Gasteiger partial charge in [-0.05, 0) is 44.2 Å². The zero-order valence-electron chi connectivity index (χ0n) is 15.5. The molecule has 0 bridgehead atoms. The number of Topliss-reactive ketones (excluding diaryl/α,β-unsaturated/α-hetero) is 1. The Hall–Kier alpha value is -0.850. The minimum Gasteiger partial charge on any atom is -0.298 e. The Labute approximate surface area is 162 Å². The van der Waals surface area contributed by atoms with Crippen molar-refractivity contribution in [3.63, 3.8) is 0 Å². The summed E-state index contributed by atoms with van der Waals surface area (Å²) in [5.74, 6) is 1.20. The van der Waals surface area contributed by atoms with Gasteiger partial charge in [-0.25, -0.2) is 0 Å². The summed E-state index contributed by atoms with van der Waals surface area (Å²) in [6.07, 6.45) is 11.9. The molecule has 3 rings (SSSR count). The van der Waals surface area contributed by atoms with Gasteiger partial charge >= 0.3 is 0 Å². The number of thiol groups is 1. The van der Waals surface area contributed by atoms with Crippen molar-refractivity contribution in [3.8, 4) is 0 Å². The summed E-state index contributed by atoms with van der Waals surface area (Å²) in [5.41, 5.74) is 0.956. The van der Waals surface area contributed by atoms with Gasteiger partial charge in [-0.1, -0.05) is 56.2 Å². The van der Waals surface area contributed by atoms with Crippen LogP contribution in [0.15, 0.2) is 29.2 Å². The maximum Gasteiger partial charge on any atom is 0.294 e. The highest BCUT2D eigenvalue weighted by atomic mass is 32.2. The van der Waals surface area contributed by atoms with Crippen molar-refractivity contribution in [2.45, 2.75) is 80.8 Å². The van der Waals surface area contributed by atoms with E-state index in [1.54, 1.807) is 12.1 Å². The summed E-state index contributed by atoms with van der Waals surface area (Å²) >= 11 is 4.71. The third-order valence-corrected chi connectivity index (χ3v) is 6.96. The maximum absolute atomic E-state index is 11.9. The molecule has 0 heterocycles. The van der Waals surface area contributed by atoms with E-state index in [-0.39, 0.29) is 9.64 Å². The Bertz CT molecular complexity index is 691. The predicted octanol–water partition coefficient (Wildman–Crippen LogP) is 5.01. The first-order chi connectivity index (χ1) is 12.2. The number of hydrogen-bond donors (Lipinski definition) is 2. The molecular weight excluding hydrogens is 368 g/mol. The Morgan fingerprint density at radius 3 is 2.23 bits per heavy atom. The highest BCUT2D eigenvalue weighted by molar-refractivity contribution is 7.85. The fourth-order valence-electron chi connectivity index (χ4n) is 3.87. The van der Waals surface area contributed by atoms with Crippen LogP contribution in [0.3, 0.4) is 0 Å². The second kappa shape index (κ2) is 9.38. The molecule has 1 N–H and O–H groups in total. The first-order valence-corrected chi connectivity index (χ1v) is 11.4. The topological polar surface area (TPSA) is 71.4 Å². The number of rotatable bonds is 3. The fraction of sp³-hybridized carbons (Fsp3) is 0.650. The summed E-state index contributed by atoms with van der Waals surface area (Å²) in [4.78, 5) is 11.8. The number of carbonyl (C=O) groups is 1. The van der Waals surface area contributed by atoms with Gasteiger partial charge in [0, 0.05) is 6.42 Å². The van der Waals surface area contributed by atoms with E-state index in [2.05, 4.69) is 0 Å². The van der Waals surface area contributed by atoms with Gasteiger partial charge in [0.15, 0.2) is 0 Å². The Morgan fingerprint density at radius 2 is 1.69 bits per heavy atom. The zero-order valence-corrected chi connectivity index (χ0v) is 17.2. The van der Waals surface area contributed by atoms with Crippen LogP contribution in [0.1, 0.15) is 69.8 Å². The molecule has 2 fully saturated rings. The van der Waals surface area contributed by atoms with E-state index in [0.29, 0.717) is 5.78 Å². The Kier molecular flexibility index (Phi) is 7.74.